The monoisotopic (exact) mass is 281 g/mol. The number of aryl methyl sites for hydroxylation is 2. The fourth-order valence-electron chi connectivity index (χ4n) is 2.01. The largest absolute Gasteiger partial charge is 0.380 e. The molecule has 0 spiro atoms. The van der Waals surface area contributed by atoms with Crippen molar-refractivity contribution in [1.29, 1.82) is 0 Å². The van der Waals surface area contributed by atoms with Crippen LogP contribution in [0.3, 0.4) is 0 Å². The molecule has 0 aliphatic heterocycles. The lowest BCUT2D eigenvalue weighted by molar-refractivity contribution is 0.102. The Labute approximate surface area is 124 Å². The van der Waals surface area contributed by atoms with Crippen molar-refractivity contribution >= 4 is 17.3 Å². The average Bonchev–Trinajstić information content (AvgIpc) is 2.49. The summed E-state index contributed by atoms with van der Waals surface area (Å²) in [5, 5.41) is 6.04. The zero-order valence-corrected chi connectivity index (χ0v) is 12.3. The fourth-order valence-corrected chi connectivity index (χ4v) is 2.01. The summed E-state index contributed by atoms with van der Waals surface area (Å²) in [6, 6.07) is 9.44. The molecule has 0 unspecified atom stereocenters. The lowest BCUT2D eigenvalue weighted by Gasteiger charge is -2.11. The summed E-state index contributed by atoms with van der Waals surface area (Å²) in [6.45, 7) is 8.24. The number of rotatable bonds is 5. The smallest absolute Gasteiger partial charge is 0.274 e. The third kappa shape index (κ3) is 3.69. The van der Waals surface area contributed by atoms with Crippen LogP contribution < -0.4 is 10.6 Å². The maximum atomic E-state index is 12.2. The van der Waals surface area contributed by atoms with Crippen LogP contribution in [0.15, 0.2) is 49.2 Å². The van der Waals surface area contributed by atoms with Crippen molar-refractivity contribution in [3.63, 3.8) is 0 Å². The Hall–Kier alpha value is -2.62. The van der Waals surface area contributed by atoms with Gasteiger partial charge in [0.05, 0.1) is 11.9 Å². The molecule has 0 saturated carbocycles. The van der Waals surface area contributed by atoms with E-state index in [9.17, 15) is 4.79 Å². The van der Waals surface area contributed by atoms with Gasteiger partial charge in [0.25, 0.3) is 5.91 Å². The van der Waals surface area contributed by atoms with E-state index in [2.05, 4.69) is 22.2 Å². The van der Waals surface area contributed by atoms with Crippen LogP contribution in [0.25, 0.3) is 0 Å². The molecule has 0 fully saturated rings. The zero-order valence-electron chi connectivity index (χ0n) is 12.3. The van der Waals surface area contributed by atoms with Crippen LogP contribution in [-0.2, 0) is 0 Å². The molecule has 0 aliphatic rings. The third-order valence-electron chi connectivity index (χ3n) is 3.17. The van der Waals surface area contributed by atoms with E-state index in [1.165, 1.54) is 0 Å². The molecular weight excluding hydrogens is 262 g/mol. The molecular formula is C17H19N3O. The molecule has 1 aromatic heterocycles. The first-order chi connectivity index (χ1) is 10.1. The molecule has 2 aromatic rings. The topological polar surface area (TPSA) is 54.0 Å². The molecule has 21 heavy (non-hydrogen) atoms. The van der Waals surface area contributed by atoms with Crippen molar-refractivity contribution in [2.75, 3.05) is 17.2 Å². The Morgan fingerprint density at radius 3 is 2.52 bits per heavy atom. The van der Waals surface area contributed by atoms with E-state index in [-0.39, 0.29) is 5.91 Å². The number of nitrogens with zero attached hydrogens (tertiary/aromatic N) is 1. The van der Waals surface area contributed by atoms with E-state index < -0.39 is 0 Å². The van der Waals surface area contributed by atoms with Crippen LogP contribution in [0.5, 0.6) is 0 Å². The normalized spacial score (nSPS) is 10.0. The minimum absolute atomic E-state index is 0.206. The predicted molar refractivity (Wildman–Crippen MR) is 86.8 cm³/mol. The Balaban J connectivity index is 2.11. The van der Waals surface area contributed by atoms with Crippen molar-refractivity contribution in [1.82, 2.24) is 4.98 Å². The number of amides is 1. The summed E-state index contributed by atoms with van der Waals surface area (Å²) < 4.78 is 0. The van der Waals surface area contributed by atoms with Crippen molar-refractivity contribution in [3.8, 4) is 0 Å². The number of carbonyl (C=O) groups excluding carboxylic acids is 1. The van der Waals surface area contributed by atoms with Gasteiger partial charge >= 0.3 is 0 Å². The van der Waals surface area contributed by atoms with Gasteiger partial charge in [0, 0.05) is 12.2 Å². The van der Waals surface area contributed by atoms with E-state index in [1.807, 2.05) is 38.1 Å². The molecule has 2 N–H and O–H groups in total. The van der Waals surface area contributed by atoms with Crippen LogP contribution >= 0.6 is 0 Å². The van der Waals surface area contributed by atoms with E-state index in [0.29, 0.717) is 12.2 Å². The van der Waals surface area contributed by atoms with Crippen LogP contribution in [0.4, 0.5) is 11.4 Å². The van der Waals surface area contributed by atoms with Gasteiger partial charge < -0.3 is 10.6 Å². The molecule has 1 aromatic carbocycles. The number of pyridine rings is 1. The minimum atomic E-state index is -0.206. The van der Waals surface area contributed by atoms with Gasteiger partial charge in [0.2, 0.25) is 0 Å². The predicted octanol–water partition coefficient (Wildman–Crippen LogP) is 3.55. The molecule has 4 nitrogen and oxygen atoms in total. The number of benzene rings is 1. The summed E-state index contributed by atoms with van der Waals surface area (Å²) in [5.74, 6) is -0.206. The standard InChI is InChI=1S/C17H19N3O/c1-4-10-18-14-8-9-15(19-11-14)17(21)20-16-12(2)6-5-7-13(16)3/h4-9,11,18H,1,10H2,2-3H3,(H,20,21). The van der Waals surface area contributed by atoms with Gasteiger partial charge in [-0.15, -0.1) is 6.58 Å². The Morgan fingerprint density at radius 2 is 1.95 bits per heavy atom. The molecule has 0 saturated heterocycles. The number of nitrogens with one attached hydrogen (secondary N) is 2. The van der Waals surface area contributed by atoms with E-state index in [4.69, 9.17) is 0 Å². The van der Waals surface area contributed by atoms with Crippen molar-refractivity contribution < 1.29 is 4.79 Å². The minimum Gasteiger partial charge on any atom is -0.380 e. The number of anilines is 2. The first-order valence-corrected chi connectivity index (χ1v) is 6.80. The first kappa shape index (κ1) is 14.8. The Morgan fingerprint density at radius 1 is 1.24 bits per heavy atom. The van der Waals surface area contributed by atoms with Crippen molar-refractivity contribution in [2.45, 2.75) is 13.8 Å². The Kier molecular flexibility index (Phi) is 4.72. The van der Waals surface area contributed by atoms with E-state index >= 15 is 0 Å². The molecule has 108 valence electrons. The quantitative estimate of drug-likeness (QED) is 0.824. The zero-order chi connectivity index (χ0) is 15.2. The second-order valence-corrected chi connectivity index (χ2v) is 4.82. The highest BCUT2D eigenvalue weighted by Crippen LogP contribution is 2.20. The first-order valence-electron chi connectivity index (χ1n) is 6.80. The highest BCUT2D eigenvalue weighted by Gasteiger charge is 2.10. The van der Waals surface area contributed by atoms with E-state index in [1.54, 1.807) is 18.3 Å². The maximum Gasteiger partial charge on any atom is 0.274 e. The molecule has 1 amide bonds. The number of aromatic nitrogens is 1. The van der Waals surface area contributed by atoms with Crippen molar-refractivity contribution in [3.05, 3.63) is 66.0 Å². The van der Waals surface area contributed by atoms with Gasteiger partial charge in [-0.25, -0.2) is 4.98 Å². The van der Waals surface area contributed by atoms with Gasteiger partial charge in [0.15, 0.2) is 0 Å². The fraction of sp³-hybridized carbons (Fsp3) is 0.176. The summed E-state index contributed by atoms with van der Waals surface area (Å²) in [5.41, 5.74) is 4.17. The molecule has 1 heterocycles. The van der Waals surface area contributed by atoms with Gasteiger partial charge in [0.1, 0.15) is 5.69 Å². The van der Waals surface area contributed by atoms with Gasteiger partial charge in [-0.05, 0) is 37.1 Å². The number of carbonyl (C=O) groups is 1. The number of hydrogen-bond acceptors (Lipinski definition) is 3. The lowest BCUT2D eigenvalue weighted by Crippen LogP contribution is -2.15. The summed E-state index contributed by atoms with van der Waals surface area (Å²) in [6.07, 6.45) is 3.41. The van der Waals surface area contributed by atoms with Gasteiger partial charge in [-0.3, -0.25) is 4.79 Å². The molecule has 0 aliphatic carbocycles. The average molecular weight is 281 g/mol. The second-order valence-electron chi connectivity index (χ2n) is 4.82. The molecule has 4 heteroatoms. The summed E-state index contributed by atoms with van der Waals surface area (Å²) in [4.78, 5) is 16.4. The summed E-state index contributed by atoms with van der Waals surface area (Å²) >= 11 is 0. The number of hydrogen-bond donors (Lipinski definition) is 2. The SMILES string of the molecule is C=CCNc1ccc(C(=O)Nc2c(C)cccc2C)nc1. The Bertz CT molecular complexity index is 627. The maximum absolute atomic E-state index is 12.2. The third-order valence-corrected chi connectivity index (χ3v) is 3.17. The van der Waals surface area contributed by atoms with Crippen LogP contribution in [-0.4, -0.2) is 17.4 Å². The van der Waals surface area contributed by atoms with Crippen LogP contribution in [0.2, 0.25) is 0 Å². The molecule has 0 atom stereocenters. The highest BCUT2D eigenvalue weighted by molar-refractivity contribution is 6.03. The van der Waals surface area contributed by atoms with Crippen LogP contribution in [0.1, 0.15) is 21.6 Å². The molecule has 0 radical (unpaired) electrons. The molecule has 2 rings (SSSR count). The van der Waals surface area contributed by atoms with Gasteiger partial charge in [-0.2, -0.15) is 0 Å². The highest BCUT2D eigenvalue weighted by atomic mass is 16.1. The second kappa shape index (κ2) is 6.70. The number of para-hydroxylation sites is 1. The van der Waals surface area contributed by atoms with Crippen molar-refractivity contribution in [2.24, 2.45) is 0 Å². The van der Waals surface area contributed by atoms with Gasteiger partial charge in [-0.1, -0.05) is 24.3 Å². The summed E-state index contributed by atoms with van der Waals surface area (Å²) in [7, 11) is 0. The van der Waals surface area contributed by atoms with E-state index in [0.717, 1.165) is 22.5 Å². The molecule has 0 bridgehead atoms. The lowest BCUT2D eigenvalue weighted by atomic mass is 10.1. The van der Waals surface area contributed by atoms with Crippen LogP contribution in [0, 0.1) is 13.8 Å².